The Morgan fingerprint density at radius 2 is 1.94 bits per heavy atom. The van der Waals surface area contributed by atoms with Gasteiger partial charge in [0.1, 0.15) is 16.4 Å². The summed E-state index contributed by atoms with van der Waals surface area (Å²) in [5, 5.41) is 0. The summed E-state index contributed by atoms with van der Waals surface area (Å²) in [6.07, 6.45) is 2.82. The van der Waals surface area contributed by atoms with E-state index in [0.29, 0.717) is 62.8 Å². The van der Waals surface area contributed by atoms with Crippen molar-refractivity contribution in [3.05, 3.63) is 47.9 Å². The molecule has 1 spiro atoms. The molecule has 1 amide bonds. The normalized spacial score (nSPS) is 20.5. The minimum Gasteiger partial charge on any atom is -0.492 e. The lowest BCUT2D eigenvalue weighted by atomic mass is 9.78. The molecular formula is C22H28N2O6S. The number of ether oxygens (including phenoxy) is 2. The van der Waals surface area contributed by atoms with Crippen LogP contribution in [0.3, 0.4) is 0 Å². The van der Waals surface area contributed by atoms with Crippen molar-refractivity contribution in [2.75, 3.05) is 46.5 Å². The maximum absolute atomic E-state index is 13.4. The highest BCUT2D eigenvalue weighted by atomic mass is 32.2. The van der Waals surface area contributed by atoms with E-state index in [1.54, 1.807) is 44.4 Å². The number of aryl methyl sites for hydroxylation is 1. The second-order valence-electron chi connectivity index (χ2n) is 8.25. The number of hydrogen-bond donors (Lipinski definition) is 0. The van der Waals surface area contributed by atoms with Crippen molar-refractivity contribution in [3.63, 3.8) is 0 Å². The number of carbonyl (C=O) groups excluding carboxylic acids is 1. The molecule has 168 valence electrons. The summed E-state index contributed by atoms with van der Waals surface area (Å²) in [7, 11) is -2.16. The molecule has 0 saturated carbocycles. The second kappa shape index (κ2) is 8.64. The lowest BCUT2D eigenvalue weighted by Gasteiger charge is -2.44. The van der Waals surface area contributed by atoms with E-state index < -0.39 is 10.0 Å². The Morgan fingerprint density at radius 3 is 2.61 bits per heavy atom. The van der Waals surface area contributed by atoms with Crippen LogP contribution in [0.5, 0.6) is 5.75 Å². The summed E-state index contributed by atoms with van der Waals surface area (Å²) < 4.78 is 44.8. The topological polar surface area (TPSA) is 89.3 Å². The Kier molecular flexibility index (Phi) is 6.09. The third-order valence-electron chi connectivity index (χ3n) is 6.26. The van der Waals surface area contributed by atoms with Crippen molar-refractivity contribution in [2.45, 2.75) is 24.7 Å². The number of para-hydroxylation sites is 1. The molecule has 0 bridgehead atoms. The molecule has 2 aliphatic heterocycles. The number of sulfonamides is 1. The number of fused-ring (bicyclic) bond motifs is 1. The Labute approximate surface area is 182 Å². The van der Waals surface area contributed by atoms with Gasteiger partial charge < -0.3 is 18.8 Å². The van der Waals surface area contributed by atoms with E-state index in [4.69, 9.17) is 13.9 Å². The number of nitrogens with zero attached hydrogens (tertiary/aromatic N) is 2. The van der Waals surface area contributed by atoms with Gasteiger partial charge in [-0.25, -0.2) is 8.42 Å². The molecule has 3 heterocycles. The molecule has 8 nitrogen and oxygen atoms in total. The molecule has 1 fully saturated rings. The summed E-state index contributed by atoms with van der Waals surface area (Å²) in [6, 6.07) is 8.44. The summed E-state index contributed by atoms with van der Waals surface area (Å²) in [5.41, 5.74) is 0.194. The maximum Gasteiger partial charge on any atom is 0.257 e. The van der Waals surface area contributed by atoms with E-state index >= 15 is 0 Å². The van der Waals surface area contributed by atoms with Crippen LogP contribution >= 0.6 is 0 Å². The van der Waals surface area contributed by atoms with Crippen LogP contribution in [-0.4, -0.2) is 70.0 Å². The van der Waals surface area contributed by atoms with Crippen molar-refractivity contribution >= 4 is 15.9 Å². The summed E-state index contributed by atoms with van der Waals surface area (Å²) >= 11 is 0. The molecule has 0 atom stereocenters. The van der Waals surface area contributed by atoms with Crippen LogP contribution in [0.1, 0.15) is 29.0 Å². The molecule has 9 heteroatoms. The monoisotopic (exact) mass is 448 g/mol. The Balaban J connectivity index is 1.58. The van der Waals surface area contributed by atoms with Crippen molar-refractivity contribution in [1.82, 2.24) is 9.21 Å². The number of rotatable bonds is 4. The molecule has 1 aromatic carbocycles. The predicted molar refractivity (Wildman–Crippen MR) is 114 cm³/mol. The third kappa shape index (κ3) is 4.22. The van der Waals surface area contributed by atoms with Crippen LogP contribution in [-0.2, 0) is 14.8 Å². The number of hydrogen-bond acceptors (Lipinski definition) is 6. The number of furan rings is 1. The minimum absolute atomic E-state index is 0.0536. The van der Waals surface area contributed by atoms with Crippen molar-refractivity contribution in [1.29, 1.82) is 0 Å². The van der Waals surface area contributed by atoms with E-state index in [0.717, 1.165) is 0 Å². The Hall–Kier alpha value is -2.36. The van der Waals surface area contributed by atoms with Crippen LogP contribution in [0.4, 0.5) is 0 Å². The first-order valence-electron chi connectivity index (χ1n) is 10.4. The van der Waals surface area contributed by atoms with Crippen molar-refractivity contribution in [3.8, 4) is 5.75 Å². The molecule has 2 aromatic rings. The minimum atomic E-state index is -3.73. The zero-order valence-corrected chi connectivity index (χ0v) is 18.7. The number of amides is 1. The molecule has 1 saturated heterocycles. The van der Waals surface area contributed by atoms with Crippen molar-refractivity contribution in [2.24, 2.45) is 5.41 Å². The molecule has 1 aromatic heterocycles. The molecule has 31 heavy (non-hydrogen) atoms. The number of likely N-dealkylation sites (tertiary alicyclic amines) is 1. The first-order valence-corrected chi connectivity index (χ1v) is 11.8. The Bertz CT molecular complexity index is 1040. The smallest absolute Gasteiger partial charge is 0.257 e. The largest absolute Gasteiger partial charge is 0.492 e. The summed E-state index contributed by atoms with van der Waals surface area (Å²) in [6.45, 7) is 4.15. The second-order valence-corrected chi connectivity index (χ2v) is 10.2. The van der Waals surface area contributed by atoms with E-state index in [2.05, 4.69) is 0 Å². The average Bonchev–Trinajstić information content (AvgIpc) is 3.20. The highest BCUT2D eigenvalue weighted by molar-refractivity contribution is 7.89. The highest BCUT2D eigenvalue weighted by Gasteiger charge is 2.43. The van der Waals surface area contributed by atoms with E-state index in [1.807, 2.05) is 4.90 Å². The highest BCUT2D eigenvalue weighted by Crippen LogP contribution is 2.39. The molecule has 0 unspecified atom stereocenters. The van der Waals surface area contributed by atoms with E-state index in [1.165, 1.54) is 10.6 Å². The van der Waals surface area contributed by atoms with Gasteiger partial charge in [0.15, 0.2) is 0 Å². The average molecular weight is 449 g/mol. The van der Waals surface area contributed by atoms with Crippen LogP contribution < -0.4 is 4.74 Å². The summed E-state index contributed by atoms with van der Waals surface area (Å²) in [4.78, 5) is 14.9. The molecule has 0 N–H and O–H groups in total. The van der Waals surface area contributed by atoms with Gasteiger partial charge in [-0.05, 0) is 38.0 Å². The van der Waals surface area contributed by atoms with Gasteiger partial charge in [0, 0.05) is 38.7 Å². The fourth-order valence-electron chi connectivity index (χ4n) is 4.31. The molecule has 0 radical (unpaired) electrons. The van der Waals surface area contributed by atoms with Gasteiger partial charge in [-0.1, -0.05) is 12.1 Å². The standard InChI is InChI=1S/C22H28N2O6S/c1-17-18(7-13-29-17)21(25)23-10-8-22(9-11-23)15-24(12-14-28-2)31(26,27)20-6-4-3-5-19(20)30-16-22/h3-7,13H,8-12,14-16H2,1-2H3. The zero-order chi connectivity index (χ0) is 22.1. The number of carbonyl (C=O) groups is 1. The van der Waals surface area contributed by atoms with E-state index in [9.17, 15) is 13.2 Å². The fourth-order valence-corrected chi connectivity index (χ4v) is 5.98. The Morgan fingerprint density at radius 1 is 1.19 bits per heavy atom. The fraction of sp³-hybridized carbons (Fsp3) is 0.500. The number of benzene rings is 1. The lowest BCUT2D eigenvalue weighted by Crippen LogP contribution is -2.53. The maximum atomic E-state index is 13.4. The van der Waals surface area contributed by atoms with Gasteiger partial charge in [0.2, 0.25) is 10.0 Å². The van der Waals surface area contributed by atoms with Gasteiger partial charge >= 0.3 is 0 Å². The number of piperidine rings is 1. The molecule has 0 aliphatic carbocycles. The van der Waals surface area contributed by atoms with Gasteiger partial charge in [-0.15, -0.1) is 0 Å². The van der Waals surface area contributed by atoms with Crippen LogP contribution in [0.2, 0.25) is 0 Å². The SMILES string of the molecule is COCCN1CC2(CCN(C(=O)c3ccoc3C)CC2)COc2ccccc2S1(=O)=O. The van der Waals surface area contributed by atoms with Gasteiger partial charge in [-0.2, -0.15) is 4.31 Å². The quantitative estimate of drug-likeness (QED) is 0.714. The third-order valence-corrected chi connectivity index (χ3v) is 8.14. The summed E-state index contributed by atoms with van der Waals surface area (Å²) in [5.74, 6) is 0.923. The first-order chi connectivity index (χ1) is 14.9. The predicted octanol–water partition coefficient (Wildman–Crippen LogP) is 2.54. The lowest BCUT2D eigenvalue weighted by molar-refractivity contribution is 0.0275. The van der Waals surface area contributed by atoms with Crippen LogP contribution in [0.25, 0.3) is 0 Å². The first kappa shape index (κ1) is 21.9. The molecular weight excluding hydrogens is 420 g/mol. The van der Waals surface area contributed by atoms with E-state index in [-0.39, 0.29) is 22.8 Å². The zero-order valence-electron chi connectivity index (χ0n) is 17.9. The van der Waals surface area contributed by atoms with Crippen molar-refractivity contribution < 1.29 is 27.1 Å². The van der Waals surface area contributed by atoms with Gasteiger partial charge in [0.25, 0.3) is 5.91 Å². The molecule has 2 aliphatic rings. The number of methoxy groups -OCH3 is 1. The van der Waals surface area contributed by atoms with Gasteiger partial charge in [-0.3, -0.25) is 4.79 Å². The van der Waals surface area contributed by atoms with Crippen LogP contribution in [0, 0.1) is 12.3 Å². The van der Waals surface area contributed by atoms with Gasteiger partial charge in [0.05, 0.1) is 25.0 Å². The van der Waals surface area contributed by atoms with Crippen LogP contribution in [0.15, 0.2) is 45.9 Å². The molecule has 4 rings (SSSR count).